The first-order chi connectivity index (χ1) is 27.6. The van der Waals surface area contributed by atoms with Crippen molar-refractivity contribution in [3.8, 4) is 16.9 Å². The number of aliphatic hydroxyl groups excluding tert-OH is 2. The first kappa shape index (κ1) is 41.1. The van der Waals surface area contributed by atoms with E-state index in [1.54, 1.807) is 36.4 Å². The van der Waals surface area contributed by atoms with Crippen LogP contribution in [-0.4, -0.2) is 58.3 Å². The molecule has 0 saturated carbocycles. The van der Waals surface area contributed by atoms with Crippen molar-refractivity contribution >= 4 is 23.2 Å². The Labute approximate surface area is 334 Å². The third-order valence-electron chi connectivity index (χ3n) is 10.1. The molecule has 0 radical (unpaired) electrons. The number of unbranched alkanes of at least 4 members (excludes halogenated alkanes) is 1. The van der Waals surface area contributed by atoms with Crippen molar-refractivity contribution in [3.63, 3.8) is 0 Å². The van der Waals surface area contributed by atoms with Crippen molar-refractivity contribution in [2.45, 2.75) is 69.9 Å². The Hall–Kier alpha value is -5.56. The maximum Gasteiger partial charge on any atom is 0.224 e. The number of nitrogens with two attached hydrogens (primary N) is 1. The molecular formula is C46H52N4O7. The van der Waals surface area contributed by atoms with E-state index in [2.05, 4.69) is 10.6 Å². The fourth-order valence-corrected chi connectivity index (χ4v) is 7.04. The molecule has 5 aromatic rings. The molecule has 11 heteroatoms. The Kier molecular flexibility index (Phi) is 14.4. The van der Waals surface area contributed by atoms with Gasteiger partial charge in [0, 0.05) is 44.5 Å². The first-order valence-corrected chi connectivity index (χ1v) is 19.4. The number of nitrogen functional groups attached to an aromatic ring is 1. The van der Waals surface area contributed by atoms with Crippen molar-refractivity contribution in [1.29, 1.82) is 0 Å². The average Bonchev–Trinajstić information content (AvgIpc) is 3.22. The van der Waals surface area contributed by atoms with Crippen molar-refractivity contribution in [3.05, 3.63) is 149 Å². The fourth-order valence-electron chi connectivity index (χ4n) is 7.04. The van der Waals surface area contributed by atoms with Crippen molar-refractivity contribution in [2.24, 2.45) is 0 Å². The summed E-state index contributed by atoms with van der Waals surface area (Å²) in [5, 5.41) is 36.2. The van der Waals surface area contributed by atoms with Gasteiger partial charge in [-0.05, 0) is 77.5 Å². The Morgan fingerprint density at radius 3 is 2.28 bits per heavy atom. The summed E-state index contributed by atoms with van der Waals surface area (Å²) in [7, 11) is 1.94. The van der Waals surface area contributed by atoms with Crippen LogP contribution in [0.5, 0.6) is 5.75 Å². The summed E-state index contributed by atoms with van der Waals surface area (Å²) in [6.45, 7) is 1.22. The second-order valence-electron chi connectivity index (χ2n) is 14.6. The van der Waals surface area contributed by atoms with E-state index in [1.807, 2.05) is 96.9 Å². The number of nitrogens with one attached hydrogen (secondary N) is 2. The van der Waals surface area contributed by atoms with Crippen LogP contribution in [0.4, 0.5) is 11.4 Å². The first-order valence-electron chi connectivity index (χ1n) is 19.4. The van der Waals surface area contributed by atoms with E-state index in [4.69, 9.17) is 15.2 Å². The van der Waals surface area contributed by atoms with E-state index >= 15 is 0 Å². The molecule has 1 saturated heterocycles. The number of likely N-dealkylation sites (N-methyl/N-ethyl adjacent to an activating group) is 1. The zero-order valence-corrected chi connectivity index (χ0v) is 32.2. The highest BCUT2D eigenvalue weighted by molar-refractivity contribution is 5.93. The number of aromatic hydroxyl groups is 1. The molecule has 5 aromatic carbocycles. The Bertz CT molecular complexity index is 2070. The molecule has 11 nitrogen and oxygen atoms in total. The largest absolute Gasteiger partial charge is 0.508 e. The van der Waals surface area contributed by atoms with Crippen LogP contribution in [0.15, 0.2) is 121 Å². The van der Waals surface area contributed by atoms with Crippen LogP contribution in [0, 0.1) is 0 Å². The van der Waals surface area contributed by atoms with Crippen molar-refractivity contribution in [2.75, 3.05) is 31.2 Å². The van der Waals surface area contributed by atoms with Gasteiger partial charge in [0.05, 0.1) is 36.3 Å². The van der Waals surface area contributed by atoms with E-state index < -0.39 is 12.4 Å². The number of hydrogen-bond donors (Lipinski definition) is 6. The van der Waals surface area contributed by atoms with E-state index in [-0.39, 0.29) is 36.4 Å². The average molecular weight is 773 g/mol. The molecule has 0 aromatic heterocycles. The number of benzene rings is 5. The highest BCUT2D eigenvalue weighted by atomic mass is 16.7. The van der Waals surface area contributed by atoms with Gasteiger partial charge >= 0.3 is 0 Å². The molecule has 57 heavy (non-hydrogen) atoms. The van der Waals surface area contributed by atoms with Crippen molar-refractivity contribution < 1.29 is 34.4 Å². The lowest BCUT2D eigenvalue weighted by atomic mass is 9.97. The predicted molar refractivity (Wildman–Crippen MR) is 221 cm³/mol. The molecule has 7 N–H and O–H groups in total. The van der Waals surface area contributed by atoms with Gasteiger partial charge in [-0.15, -0.1) is 0 Å². The van der Waals surface area contributed by atoms with Gasteiger partial charge < -0.3 is 46.1 Å². The molecule has 0 bridgehead atoms. The van der Waals surface area contributed by atoms with Crippen LogP contribution < -0.4 is 16.4 Å². The molecule has 1 aliphatic rings. The number of carbonyl (C=O) groups is 2. The topological polar surface area (TPSA) is 167 Å². The van der Waals surface area contributed by atoms with Gasteiger partial charge in [0.15, 0.2) is 6.29 Å². The number of phenolic OH excluding ortho intramolecular Hbond substituents is 1. The van der Waals surface area contributed by atoms with E-state index in [0.717, 1.165) is 33.4 Å². The van der Waals surface area contributed by atoms with Crippen LogP contribution in [0.3, 0.4) is 0 Å². The van der Waals surface area contributed by atoms with E-state index in [0.29, 0.717) is 68.7 Å². The minimum atomic E-state index is -0.783. The second kappa shape index (κ2) is 20.0. The molecule has 4 atom stereocenters. The summed E-state index contributed by atoms with van der Waals surface area (Å²) in [5.74, 6) is -0.0954. The van der Waals surface area contributed by atoms with Crippen LogP contribution in [0.25, 0.3) is 11.1 Å². The maximum absolute atomic E-state index is 12.8. The smallest absolute Gasteiger partial charge is 0.224 e. The van der Waals surface area contributed by atoms with Gasteiger partial charge in [0.1, 0.15) is 5.75 Å². The molecule has 2 amide bonds. The number of rotatable bonds is 17. The van der Waals surface area contributed by atoms with Crippen LogP contribution >= 0.6 is 0 Å². The molecule has 1 fully saturated rings. The molecule has 298 valence electrons. The number of aliphatic hydroxyl groups is 2. The van der Waals surface area contributed by atoms with E-state index in [1.165, 1.54) is 0 Å². The standard InChI is InChI=1S/C46H52N4O7/c1-50(29-42(53)35-10-8-11-37(52)25-35)28-38-26-43(33-19-17-31(30-51)18-20-33)57-46(56-38)34-23-21-32(22-24-34)39-12-3-2-9-36(39)27-48-44(54)15-6-7-16-45(55)49-41-14-5-4-13-40(41)47/h2-5,8-14,17-25,38,42-43,46,51-53H,6-7,15-16,26-30,47H2,1H3,(H,48,54)(H,49,55). The van der Waals surface area contributed by atoms with Crippen LogP contribution in [-0.2, 0) is 32.2 Å². The minimum absolute atomic E-state index is 0.0394. The quantitative estimate of drug-likeness (QED) is 0.0425. The molecule has 4 unspecified atom stereocenters. The Balaban J connectivity index is 1.06. The monoisotopic (exact) mass is 772 g/mol. The van der Waals surface area contributed by atoms with E-state index in [9.17, 15) is 24.9 Å². The number of anilines is 2. The number of amides is 2. The van der Waals surface area contributed by atoms with Crippen molar-refractivity contribution in [1.82, 2.24) is 10.2 Å². The number of ether oxygens (including phenoxy) is 2. The van der Waals surface area contributed by atoms with Gasteiger partial charge in [-0.25, -0.2) is 0 Å². The molecular weight excluding hydrogens is 721 g/mol. The summed E-state index contributed by atoms with van der Waals surface area (Å²) in [6, 6.07) is 37.6. The summed E-state index contributed by atoms with van der Waals surface area (Å²) in [4.78, 5) is 27.1. The van der Waals surface area contributed by atoms with Gasteiger partial charge in [-0.3, -0.25) is 9.59 Å². The summed E-state index contributed by atoms with van der Waals surface area (Å²) in [5.41, 5.74) is 13.3. The van der Waals surface area contributed by atoms with Gasteiger partial charge in [-0.1, -0.05) is 97.1 Å². The Morgan fingerprint density at radius 1 is 0.842 bits per heavy atom. The molecule has 6 rings (SSSR count). The normalized spacial score (nSPS) is 17.2. The van der Waals surface area contributed by atoms with Gasteiger partial charge in [0.2, 0.25) is 11.8 Å². The summed E-state index contributed by atoms with van der Waals surface area (Å²) in [6.07, 6.45) is 0.475. The predicted octanol–water partition coefficient (Wildman–Crippen LogP) is 7.16. The summed E-state index contributed by atoms with van der Waals surface area (Å²) < 4.78 is 13.1. The van der Waals surface area contributed by atoms with Gasteiger partial charge in [-0.2, -0.15) is 0 Å². The van der Waals surface area contributed by atoms with Crippen LogP contribution in [0.2, 0.25) is 0 Å². The fraction of sp³-hybridized carbons (Fsp3) is 0.304. The third-order valence-corrected chi connectivity index (χ3v) is 10.1. The molecule has 1 aliphatic heterocycles. The molecule has 0 spiro atoms. The third kappa shape index (κ3) is 11.7. The Morgan fingerprint density at radius 2 is 1.54 bits per heavy atom. The number of hydrogen-bond acceptors (Lipinski definition) is 9. The van der Waals surface area contributed by atoms with Crippen LogP contribution in [0.1, 0.15) is 78.4 Å². The number of phenols is 1. The molecule has 1 heterocycles. The minimum Gasteiger partial charge on any atom is -0.508 e. The number of para-hydroxylation sites is 2. The zero-order valence-electron chi connectivity index (χ0n) is 32.2. The second-order valence-corrected chi connectivity index (χ2v) is 14.6. The number of nitrogens with zero attached hydrogens (tertiary/aromatic N) is 1. The lowest BCUT2D eigenvalue weighted by Crippen LogP contribution is -2.39. The lowest BCUT2D eigenvalue weighted by Gasteiger charge is -2.38. The number of carbonyl (C=O) groups excluding carboxylic acids is 2. The lowest BCUT2D eigenvalue weighted by molar-refractivity contribution is -0.252. The van der Waals surface area contributed by atoms with Gasteiger partial charge in [0.25, 0.3) is 0 Å². The molecule has 0 aliphatic carbocycles. The highest BCUT2D eigenvalue weighted by Gasteiger charge is 2.33. The summed E-state index contributed by atoms with van der Waals surface area (Å²) >= 11 is 0. The zero-order chi connectivity index (χ0) is 40.1. The maximum atomic E-state index is 12.8. The SMILES string of the molecule is CN(CC1CC(c2ccc(CO)cc2)OC(c2ccc(-c3ccccc3CNC(=O)CCCCC(=O)Nc3ccccc3N)cc2)O1)CC(O)c1cccc(O)c1. The highest BCUT2D eigenvalue weighted by Crippen LogP contribution is 2.39.